The molecule has 0 aromatic heterocycles. The standard InChI is InChI=1S/C24H25NO9/c1-13-18-17(19(27)23(4,29)24(13)9-10-24)11-22(3,12-32-14(2)26)20(18)34-21(28)33-16-7-5-15(6-8-16)25(30)31/h5-8,11,20,29H,9-10,12H2,1-4H3/t20-,22+,23+/m1/s1. The van der Waals surface area contributed by atoms with Crippen LogP contribution in [0.25, 0.3) is 0 Å². The number of non-ortho nitro benzene ring substituents is 1. The molecule has 0 bridgehead atoms. The van der Waals surface area contributed by atoms with Gasteiger partial charge in [-0.1, -0.05) is 11.6 Å². The van der Waals surface area contributed by atoms with Gasteiger partial charge in [0.15, 0.2) is 5.78 Å². The molecule has 34 heavy (non-hydrogen) atoms. The second-order valence-corrected chi connectivity index (χ2v) is 9.47. The zero-order chi connectivity index (χ0) is 25.1. The highest BCUT2D eigenvalue weighted by atomic mass is 16.7. The number of hydrogen-bond acceptors (Lipinski definition) is 9. The van der Waals surface area contributed by atoms with E-state index in [2.05, 4.69) is 0 Å². The molecular formula is C24H25NO9. The summed E-state index contributed by atoms with van der Waals surface area (Å²) in [5, 5.41) is 21.9. The average Bonchev–Trinajstić information content (AvgIpc) is 3.53. The Bertz CT molecular complexity index is 1160. The van der Waals surface area contributed by atoms with Crippen molar-refractivity contribution in [2.45, 2.75) is 52.2 Å². The summed E-state index contributed by atoms with van der Waals surface area (Å²) in [6.07, 6.45) is 0.733. The van der Waals surface area contributed by atoms with Gasteiger partial charge in [0.25, 0.3) is 5.69 Å². The lowest BCUT2D eigenvalue weighted by atomic mass is 9.67. The maximum atomic E-state index is 13.3. The van der Waals surface area contributed by atoms with Crippen molar-refractivity contribution in [3.05, 3.63) is 57.2 Å². The zero-order valence-corrected chi connectivity index (χ0v) is 19.2. The van der Waals surface area contributed by atoms with Gasteiger partial charge < -0.3 is 19.3 Å². The number of nitrogens with zero attached hydrogens (tertiary/aromatic N) is 1. The second kappa shape index (κ2) is 7.76. The number of benzene rings is 1. The topological polar surface area (TPSA) is 142 Å². The highest BCUT2D eigenvalue weighted by molar-refractivity contribution is 6.09. The van der Waals surface area contributed by atoms with Gasteiger partial charge in [-0.05, 0) is 45.7 Å². The summed E-state index contributed by atoms with van der Waals surface area (Å²) in [7, 11) is 0. The minimum atomic E-state index is -1.59. The van der Waals surface area contributed by atoms with Gasteiger partial charge in [0, 0.05) is 35.6 Å². The van der Waals surface area contributed by atoms with Crippen LogP contribution in [-0.4, -0.2) is 46.2 Å². The van der Waals surface area contributed by atoms with Crippen LogP contribution < -0.4 is 4.74 Å². The lowest BCUT2D eigenvalue weighted by Gasteiger charge is -2.40. The molecule has 0 aliphatic heterocycles. The van der Waals surface area contributed by atoms with E-state index in [4.69, 9.17) is 14.2 Å². The molecule has 1 saturated carbocycles. The van der Waals surface area contributed by atoms with Crippen molar-refractivity contribution in [3.63, 3.8) is 0 Å². The number of carbonyl (C=O) groups is 3. The van der Waals surface area contributed by atoms with E-state index in [9.17, 15) is 29.6 Å². The smallest absolute Gasteiger partial charge is 0.465 e. The maximum absolute atomic E-state index is 13.3. The first kappa shape index (κ1) is 23.6. The minimum absolute atomic E-state index is 0.0375. The van der Waals surface area contributed by atoms with Crippen molar-refractivity contribution in [2.24, 2.45) is 10.8 Å². The van der Waals surface area contributed by atoms with Crippen LogP contribution in [0.3, 0.4) is 0 Å². The van der Waals surface area contributed by atoms with Crippen LogP contribution in [0.2, 0.25) is 0 Å². The number of fused-ring (bicyclic) bond motifs is 1. The number of hydrogen-bond donors (Lipinski definition) is 1. The van der Waals surface area contributed by atoms with Gasteiger partial charge >= 0.3 is 12.1 Å². The molecule has 1 N–H and O–H groups in total. The molecule has 3 atom stereocenters. The Balaban J connectivity index is 1.67. The average molecular weight is 471 g/mol. The summed E-state index contributed by atoms with van der Waals surface area (Å²) in [4.78, 5) is 47.7. The number of rotatable bonds is 5. The fraction of sp³-hybridized carbons (Fsp3) is 0.458. The van der Waals surface area contributed by atoms with Gasteiger partial charge in [0.1, 0.15) is 24.1 Å². The van der Waals surface area contributed by atoms with Gasteiger partial charge in [0.2, 0.25) is 0 Å². The van der Waals surface area contributed by atoms with Gasteiger partial charge in [-0.25, -0.2) is 4.79 Å². The predicted molar refractivity (Wildman–Crippen MR) is 117 cm³/mol. The molecule has 180 valence electrons. The van der Waals surface area contributed by atoms with Crippen molar-refractivity contribution >= 4 is 23.6 Å². The fourth-order valence-corrected chi connectivity index (χ4v) is 5.05. The molecule has 4 rings (SSSR count). The van der Waals surface area contributed by atoms with E-state index in [-0.39, 0.29) is 23.6 Å². The molecule has 1 aromatic carbocycles. The number of ether oxygens (including phenoxy) is 3. The Morgan fingerprint density at radius 3 is 2.35 bits per heavy atom. The summed E-state index contributed by atoms with van der Waals surface area (Å²) in [5.74, 6) is -0.964. The van der Waals surface area contributed by atoms with E-state index >= 15 is 0 Å². The Morgan fingerprint density at radius 1 is 1.21 bits per heavy atom. The molecule has 1 spiro atoms. The number of carbonyl (C=O) groups excluding carboxylic acids is 3. The van der Waals surface area contributed by atoms with Crippen LogP contribution in [-0.2, 0) is 19.1 Å². The largest absolute Gasteiger partial charge is 0.514 e. The van der Waals surface area contributed by atoms with Crippen LogP contribution in [0.4, 0.5) is 10.5 Å². The van der Waals surface area contributed by atoms with E-state index in [1.807, 2.05) is 6.92 Å². The molecule has 10 nitrogen and oxygen atoms in total. The Labute approximate surface area is 195 Å². The van der Waals surface area contributed by atoms with Crippen molar-refractivity contribution < 1.29 is 38.6 Å². The molecule has 0 radical (unpaired) electrons. The molecule has 0 unspecified atom stereocenters. The van der Waals surface area contributed by atoms with Crippen molar-refractivity contribution in [1.82, 2.24) is 0 Å². The summed E-state index contributed by atoms with van der Waals surface area (Å²) < 4.78 is 16.1. The quantitative estimate of drug-likeness (QED) is 0.296. The Kier molecular flexibility index (Phi) is 5.39. The minimum Gasteiger partial charge on any atom is -0.465 e. The Hall–Kier alpha value is -3.53. The molecule has 3 aliphatic rings. The third-order valence-electron chi connectivity index (χ3n) is 7.17. The fourth-order valence-electron chi connectivity index (χ4n) is 5.05. The number of Topliss-reactive ketones (excluding diaryl/α,β-unsaturated/α-hetero) is 1. The first-order valence-electron chi connectivity index (χ1n) is 10.8. The van der Waals surface area contributed by atoms with Crippen LogP contribution in [0, 0.1) is 20.9 Å². The van der Waals surface area contributed by atoms with Gasteiger partial charge in [-0.3, -0.25) is 19.7 Å². The van der Waals surface area contributed by atoms with Crippen LogP contribution in [0.1, 0.15) is 40.5 Å². The summed E-state index contributed by atoms with van der Waals surface area (Å²) >= 11 is 0. The molecule has 3 aliphatic carbocycles. The maximum Gasteiger partial charge on any atom is 0.514 e. The van der Waals surface area contributed by atoms with E-state index < -0.39 is 45.4 Å². The van der Waals surface area contributed by atoms with Crippen LogP contribution >= 0.6 is 0 Å². The Morgan fingerprint density at radius 2 is 1.82 bits per heavy atom. The highest BCUT2D eigenvalue weighted by Gasteiger charge is 2.67. The van der Waals surface area contributed by atoms with Gasteiger partial charge in [-0.2, -0.15) is 0 Å². The monoisotopic (exact) mass is 471 g/mol. The van der Waals surface area contributed by atoms with Crippen molar-refractivity contribution in [2.75, 3.05) is 6.61 Å². The number of nitro groups is 1. The lowest BCUT2D eigenvalue weighted by Crippen LogP contribution is -2.50. The SMILES string of the molecule is CC(=O)OC[C@]1(C)C=C2C(=O)[C@](C)(O)C3(CC3)C(C)=C2[C@H]1OC(=O)Oc1ccc([N+](=O)[O-])cc1. The normalized spacial score (nSPS) is 28.8. The van der Waals surface area contributed by atoms with E-state index in [1.54, 1.807) is 13.0 Å². The number of esters is 1. The molecule has 0 amide bonds. The van der Waals surface area contributed by atoms with Crippen LogP contribution in [0.15, 0.2) is 47.1 Å². The second-order valence-electron chi connectivity index (χ2n) is 9.47. The lowest BCUT2D eigenvalue weighted by molar-refractivity contribution is -0.384. The molecule has 0 saturated heterocycles. The molecule has 1 fully saturated rings. The van der Waals surface area contributed by atoms with Crippen LogP contribution in [0.5, 0.6) is 5.75 Å². The number of aliphatic hydroxyl groups is 1. The third-order valence-corrected chi connectivity index (χ3v) is 7.17. The van der Waals surface area contributed by atoms with Crippen molar-refractivity contribution in [3.8, 4) is 5.75 Å². The molecule has 10 heteroatoms. The van der Waals surface area contributed by atoms with E-state index in [0.29, 0.717) is 18.4 Å². The zero-order valence-electron chi connectivity index (χ0n) is 19.2. The van der Waals surface area contributed by atoms with Gasteiger partial charge in [-0.15, -0.1) is 0 Å². The molecule has 1 aromatic rings. The first-order chi connectivity index (χ1) is 15.8. The number of nitro benzene ring substituents is 1. The summed E-state index contributed by atoms with van der Waals surface area (Å²) in [5.41, 5.74) is -2.09. The van der Waals surface area contributed by atoms with Gasteiger partial charge in [0.05, 0.1) is 10.3 Å². The molecular weight excluding hydrogens is 446 g/mol. The number of ketones is 1. The third kappa shape index (κ3) is 3.58. The highest BCUT2D eigenvalue weighted by Crippen LogP contribution is 2.65. The summed E-state index contributed by atoms with van der Waals surface area (Å²) in [6.45, 7) is 6.08. The van der Waals surface area contributed by atoms with E-state index in [0.717, 1.165) is 5.57 Å². The first-order valence-corrected chi connectivity index (χ1v) is 10.8. The molecule has 0 heterocycles. The van der Waals surface area contributed by atoms with E-state index in [1.165, 1.54) is 38.1 Å². The van der Waals surface area contributed by atoms with Crippen molar-refractivity contribution in [1.29, 1.82) is 0 Å². The predicted octanol–water partition coefficient (Wildman–Crippen LogP) is 3.42. The summed E-state index contributed by atoms with van der Waals surface area (Å²) in [6, 6.07) is 4.91.